The fourth-order valence-electron chi connectivity index (χ4n) is 0.821. The molecule has 0 heterocycles. The first-order valence-corrected chi connectivity index (χ1v) is 4.58. The smallest absolute Gasteiger partial charge is 0.159 e. The number of carbonyl (C=O) groups excluding carboxylic acids is 1. The maximum absolute atomic E-state index is 10.9. The summed E-state index contributed by atoms with van der Waals surface area (Å²) in [6.45, 7) is 14.6. The fraction of sp³-hybridized carbons (Fsp3) is 0.417. The predicted molar refractivity (Wildman–Crippen MR) is 58.9 cm³/mol. The summed E-state index contributed by atoms with van der Waals surface area (Å²) < 4.78 is 5.38. The van der Waals surface area contributed by atoms with Gasteiger partial charge in [0.25, 0.3) is 0 Å². The van der Waals surface area contributed by atoms with Crippen molar-refractivity contribution < 1.29 is 9.53 Å². The molecule has 0 spiro atoms. The number of allylic oxidation sites excluding steroid dienone is 3. The molecule has 2 heteroatoms. The van der Waals surface area contributed by atoms with E-state index in [9.17, 15) is 4.79 Å². The number of rotatable bonds is 5. The molecular weight excluding hydrogens is 176 g/mol. The lowest BCUT2D eigenvalue weighted by atomic mass is 10.1. The van der Waals surface area contributed by atoms with Gasteiger partial charge in [-0.3, -0.25) is 4.79 Å². The third-order valence-electron chi connectivity index (χ3n) is 1.66. The molecule has 2 nitrogen and oxygen atoms in total. The lowest BCUT2D eigenvalue weighted by molar-refractivity contribution is -0.113. The van der Waals surface area contributed by atoms with Crippen molar-refractivity contribution in [2.75, 3.05) is 0 Å². The number of ether oxygens (including phenoxy) is 1. The molecule has 0 rings (SSSR count). The van der Waals surface area contributed by atoms with E-state index in [0.717, 1.165) is 5.57 Å². The maximum atomic E-state index is 10.9. The largest absolute Gasteiger partial charge is 0.491 e. The van der Waals surface area contributed by atoms with Crippen LogP contribution >= 0.6 is 0 Å². The van der Waals surface area contributed by atoms with Crippen LogP contribution in [0.25, 0.3) is 0 Å². The molecule has 14 heavy (non-hydrogen) atoms. The zero-order chi connectivity index (χ0) is 11.3. The van der Waals surface area contributed by atoms with E-state index in [0.29, 0.717) is 11.3 Å². The number of hydrogen-bond donors (Lipinski definition) is 0. The predicted octanol–water partition coefficient (Wildman–Crippen LogP) is 3.02. The minimum Gasteiger partial charge on any atom is -0.491 e. The molecule has 0 fully saturated rings. The second-order valence-corrected chi connectivity index (χ2v) is 3.50. The minimum atomic E-state index is -0.0401. The second kappa shape index (κ2) is 5.43. The highest BCUT2D eigenvalue weighted by Crippen LogP contribution is 2.13. The molecule has 0 saturated heterocycles. The first-order chi connectivity index (χ1) is 6.34. The van der Waals surface area contributed by atoms with Crippen LogP contribution in [0.2, 0.25) is 0 Å². The fourth-order valence-corrected chi connectivity index (χ4v) is 0.821. The Kier molecular flexibility index (Phi) is 4.92. The van der Waals surface area contributed by atoms with Gasteiger partial charge < -0.3 is 4.74 Å². The van der Waals surface area contributed by atoms with Gasteiger partial charge >= 0.3 is 0 Å². The Morgan fingerprint density at radius 3 is 2.14 bits per heavy atom. The average molecular weight is 194 g/mol. The van der Waals surface area contributed by atoms with E-state index in [4.69, 9.17) is 4.74 Å². The van der Waals surface area contributed by atoms with Crippen molar-refractivity contribution in [1.82, 2.24) is 0 Å². The summed E-state index contributed by atoms with van der Waals surface area (Å²) in [5.74, 6) is 0.545. The standard InChI is InChI=1S/C12H18O2/c1-8(2)14-12(6)10(4)7-9(3)11(5)13/h7-8H,3,6H2,1-2,4-5H3/b10-7-. The molecule has 0 atom stereocenters. The normalized spacial score (nSPS) is 11.4. The number of hydrogen-bond acceptors (Lipinski definition) is 2. The van der Waals surface area contributed by atoms with E-state index in [1.54, 1.807) is 6.08 Å². The van der Waals surface area contributed by atoms with Crippen molar-refractivity contribution in [1.29, 1.82) is 0 Å². The summed E-state index contributed by atoms with van der Waals surface area (Å²) in [7, 11) is 0. The molecule has 0 aliphatic heterocycles. The second-order valence-electron chi connectivity index (χ2n) is 3.50. The molecule has 0 aliphatic rings. The Hall–Kier alpha value is -1.31. The summed E-state index contributed by atoms with van der Waals surface area (Å²) in [6, 6.07) is 0. The average Bonchev–Trinajstić information content (AvgIpc) is 2.02. The Balaban J connectivity index is 4.46. The molecule has 78 valence electrons. The molecule has 0 N–H and O–H groups in total. The number of ketones is 1. The highest BCUT2D eigenvalue weighted by Gasteiger charge is 2.03. The van der Waals surface area contributed by atoms with E-state index >= 15 is 0 Å². The van der Waals surface area contributed by atoms with Crippen molar-refractivity contribution in [3.63, 3.8) is 0 Å². The minimum absolute atomic E-state index is 0.0401. The van der Waals surface area contributed by atoms with Crippen LogP contribution in [0, 0.1) is 0 Å². The van der Waals surface area contributed by atoms with Crippen molar-refractivity contribution >= 4 is 5.78 Å². The third-order valence-corrected chi connectivity index (χ3v) is 1.66. The van der Waals surface area contributed by atoms with Crippen LogP contribution in [0.15, 0.2) is 36.1 Å². The van der Waals surface area contributed by atoms with Crippen LogP contribution in [0.1, 0.15) is 27.7 Å². The van der Waals surface area contributed by atoms with Crippen molar-refractivity contribution in [3.05, 3.63) is 36.1 Å². The van der Waals surface area contributed by atoms with Crippen LogP contribution in [0.4, 0.5) is 0 Å². The molecule has 0 saturated carbocycles. The maximum Gasteiger partial charge on any atom is 0.159 e. The van der Waals surface area contributed by atoms with Crippen molar-refractivity contribution in [2.24, 2.45) is 0 Å². The Labute approximate surface area is 86.0 Å². The molecule has 0 aromatic heterocycles. The van der Waals surface area contributed by atoms with E-state index in [1.807, 2.05) is 20.8 Å². The quantitative estimate of drug-likeness (QED) is 0.382. The molecular formula is C12H18O2. The van der Waals surface area contributed by atoms with E-state index in [1.165, 1.54) is 6.92 Å². The summed E-state index contributed by atoms with van der Waals surface area (Å²) in [5.41, 5.74) is 1.30. The molecule has 0 amide bonds. The topological polar surface area (TPSA) is 26.3 Å². The van der Waals surface area contributed by atoms with Gasteiger partial charge in [0.05, 0.1) is 6.10 Å². The Morgan fingerprint density at radius 1 is 1.29 bits per heavy atom. The lowest BCUT2D eigenvalue weighted by Crippen LogP contribution is -2.03. The van der Waals surface area contributed by atoms with Crippen LogP contribution in [0.5, 0.6) is 0 Å². The van der Waals surface area contributed by atoms with Crippen LogP contribution in [-0.2, 0) is 9.53 Å². The van der Waals surface area contributed by atoms with Gasteiger partial charge in [0.15, 0.2) is 5.78 Å². The summed E-state index contributed by atoms with van der Waals surface area (Å²) in [5, 5.41) is 0. The van der Waals surface area contributed by atoms with Crippen LogP contribution in [0.3, 0.4) is 0 Å². The van der Waals surface area contributed by atoms with Crippen molar-refractivity contribution in [2.45, 2.75) is 33.8 Å². The van der Waals surface area contributed by atoms with Gasteiger partial charge in [0.1, 0.15) is 5.76 Å². The molecule has 0 unspecified atom stereocenters. The lowest BCUT2D eigenvalue weighted by Gasteiger charge is -2.12. The SMILES string of the molecule is C=C(/C=C(/C)C(=C)OC(C)C)C(C)=O. The van der Waals surface area contributed by atoms with E-state index < -0.39 is 0 Å². The molecule has 0 radical (unpaired) electrons. The van der Waals surface area contributed by atoms with Crippen LogP contribution < -0.4 is 0 Å². The number of Topliss-reactive ketones (excluding diaryl/α,β-unsaturated/α-hetero) is 1. The van der Waals surface area contributed by atoms with Gasteiger partial charge in [0.2, 0.25) is 0 Å². The summed E-state index contributed by atoms with van der Waals surface area (Å²) in [6.07, 6.45) is 1.78. The third kappa shape index (κ3) is 4.65. The summed E-state index contributed by atoms with van der Waals surface area (Å²) in [4.78, 5) is 10.9. The highest BCUT2D eigenvalue weighted by molar-refractivity contribution is 5.95. The van der Waals surface area contributed by atoms with Gasteiger partial charge in [-0.15, -0.1) is 0 Å². The first kappa shape index (κ1) is 12.7. The monoisotopic (exact) mass is 194 g/mol. The van der Waals surface area contributed by atoms with E-state index in [-0.39, 0.29) is 11.9 Å². The molecule has 0 aromatic carbocycles. The highest BCUT2D eigenvalue weighted by atomic mass is 16.5. The van der Waals surface area contributed by atoms with Crippen molar-refractivity contribution in [3.8, 4) is 0 Å². The zero-order valence-electron chi connectivity index (χ0n) is 9.39. The Morgan fingerprint density at radius 2 is 1.79 bits per heavy atom. The van der Waals surface area contributed by atoms with Gasteiger partial charge in [-0.1, -0.05) is 13.2 Å². The van der Waals surface area contributed by atoms with Gasteiger partial charge in [0, 0.05) is 5.57 Å². The zero-order valence-corrected chi connectivity index (χ0v) is 9.39. The Bertz CT molecular complexity index is 283. The molecule has 0 aromatic rings. The first-order valence-electron chi connectivity index (χ1n) is 4.58. The van der Waals surface area contributed by atoms with Gasteiger partial charge in [-0.05, 0) is 39.3 Å². The molecule has 0 bridgehead atoms. The summed E-state index contributed by atoms with van der Waals surface area (Å²) >= 11 is 0. The van der Waals surface area contributed by atoms with E-state index in [2.05, 4.69) is 13.2 Å². The molecule has 0 aliphatic carbocycles. The van der Waals surface area contributed by atoms with Crippen LogP contribution in [-0.4, -0.2) is 11.9 Å². The van der Waals surface area contributed by atoms with Gasteiger partial charge in [-0.25, -0.2) is 0 Å². The van der Waals surface area contributed by atoms with Gasteiger partial charge in [-0.2, -0.15) is 0 Å². The number of carbonyl (C=O) groups is 1.